The number of halogens is 1. The van der Waals surface area contributed by atoms with Crippen LogP contribution in [-0.2, 0) is 4.79 Å². The van der Waals surface area contributed by atoms with Gasteiger partial charge >= 0.3 is 5.97 Å². The van der Waals surface area contributed by atoms with E-state index in [4.69, 9.17) is 11.6 Å². The normalized spacial score (nSPS) is 18.9. The van der Waals surface area contributed by atoms with Crippen LogP contribution in [0, 0.1) is 0 Å². The van der Waals surface area contributed by atoms with E-state index in [0.29, 0.717) is 23.7 Å². The van der Waals surface area contributed by atoms with Gasteiger partial charge in [0.25, 0.3) is 5.91 Å². The molecule has 1 unspecified atom stereocenters. The summed E-state index contributed by atoms with van der Waals surface area (Å²) in [5, 5.41) is 10.7. The fraction of sp³-hybridized carbons (Fsp3) is 0.333. The number of carbonyl (C=O) groups excluding carboxylic acids is 1. The van der Waals surface area contributed by atoms with Gasteiger partial charge in [0.15, 0.2) is 0 Å². The summed E-state index contributed by atoms with van der Waals surface area (Å²) >= 11 is 5.93. The maximum atomic E-state index is 12.6. The number of hydrogen-bond donors (Lipinski definition) is 2. The van der Waals surface area contributed by atoms with Crippen molar-refractivity contribution in [2.24, 2.45) is 0 Å². The molecule has 1 aromatic heterocycles. The number of hydrogen-bond acceptors (Lipinski definition) is 2. The predicted molar refractivity (Wildman–Crippen MR) is 79.6 cm³/mol. The van der Waals surface area contributed by atoms with Crippen LogP contribution in [0.2, 0.25) is 5.02 Å². The van der Waals surface area contributed by atoms with E-state index in [2.05, 4.69) is 4.98 Å². The van der Waals surface area contributed by atoms with Gasteiger partial charge in [0, 0.05) is 22.5 Å². The van der Waals surface area contributed by atoms with Crippen molar-refractivity contribution in [2.75, 3.05) is 6.54 Å². The third-order valence-electron chi connectivity index (χ3n) is 3.86. The molecule has 3 rings (SSSR count). The highest BCUT2D eigenvalue weighted by Crippen LogP contribution is 2.23. The third kappa shape index (κ3) is 2.61. The fourth-order valence-corrected chi connectivity index (χ4v) is 2.97. The molecular weight excluding hydrogens is 292 g/mol. The lowest BCUT2D eigenvalue weighted by Gasteiger charge is -2.32. The number of carboxylic acid groups (broad SMARTS) is 1. The zero-order valence-electron chi connectivity index (χ0n) is 11.3. The van der Waals surface area contributed by atoms with Crippen LogP contribution in [0.15, 0.2) is 24.3 Å². The minimum absolute atomic E-state index is 0.269. The van der Waals surface area contributed by atoms with Crippen LogP contribution < -0.4 is 0 Å². The predicted octanol–water partition coefficient (Wildman–Crippen LogP) is 2.90. The van der Waals surface area contributed by atoms with Crippen molar-refractivity contribution in [3.63, 3.8) is 0 Å². The Hall–Kier alpha value is -2.01. The molecule has 0 aliphatic carbocycles. The molecule has 0 spiro atoms. The highest BCUT2D eigenvalue weighted by atomic mass is 35.5. The van der Waals surface area contributed by atoms with Gasteiger partial charge in [0.1, 0.15) is 11.7 Å². The molecule has 1 amide bonds. The lowest BCUT2D eigenvalue weighted by atomic mass is 10.0. The van der Waals surface area contributed by atoms with E-state index in [9.17, 15) is 14.7 Å². The molecular formula is C15H15ClN2O3. The van der Waals surface area contributed by atoms with Gasteiger partial charge in [-0.2, -0.15) is 0 Å². The molecule has 1 aliphatic rings. The molecule has 1 fully saturated rings. The first-order valence-corrected chi connectivity index (χ1v) is 7.26. The number of aromatic amines is 1. The molecule has 2 aromatic rings. The molecule has 0 bridgehead atoms. The monoisotopic (exact) mass is 306 g/mol. The van der Waals surface area contributed by atoms with E-state index in [1.807, 2.05) is 6.07 Å². The Morgan fingerprint density at radius 3 is 2.86 bits per heavy atom. The first-order valence-electron chi connectivity index (χ1n) is 6.88. The molecule has 1 aromatic carbocycles. The summed E-state index contributed by atoms with van der Waals surface area (Å²) < 4.78 is 0. The largest absolute Gasteiger partial charge is 0.480 e. The summed E-state index contributed by atoms with van der Waals surface area (Å²) in [5.41, 5.74) is 1.18. The van der Waals surface area contributed by atoms with Gasteiger partial charge in [0.05, 0.1) is 0 Å². The molecule has 21 heavy (non-hydrogen) atoms. The van der Waals surface area contributed by atoms with Crippen molar-refractivity contribution >= 4 is 34.4 Å². The zero-order chi connectivity index (χ0) is 15.0. The Morgan fingerprint density at radius 2 is 2.10 bits per heavy atom. The number of piperidine rings is 1. The first-order chi connectivity index (χ1) is 10.1. The fourth-order valence-electron chi connectivity index (χ4n) is 2.80. The van der Waals surface area contributed by atoms with Crippen LogP contribution in [0.25, 0.3) is 10.9 Å². The Morgan fingerprint density at radius 1 is 1.29 bits per heavy atom. The summed E-state index contributed by atoms with van der Waals surface area (Å²) in [6.45, 7) is 0.478. The number of carbonyl (C=O) groups is 2. The first kappa shape index (κ1) is 13.9. The lowest BCUT2D eigenvalue weighted by Crippen LogP contribution is -2.48. The van der Waals surface area contributed by atoms with Gasteiger partial charge in [-0.05, 0) is 37.5 Å². The number of aliphatic carboxylic acids is 1. The van der Waals surface area contributed by atoms with Crippen LogP contribution >= 0.6 is 11.6 Å². The number of carboxylic acids is 1. The maximum absolute atomic E-state index is 12.6. The summed E-state index contributed by atoms with van der Waals surface area (Å²) in [6.07, 6.45) is 2.18. The van der Waals surface area contributed by atoms with E-state index in [-0.39, 0.29) is 5.91 Å². The summed E-state index contributed by atoms with van der Waals surface area (Å²) in [4.78, 5) is 28.3. The standard InChI is InChI=1S/C15H15ClN2O3/c16-10-5-4-9-7-12(17-11(9)8-10)14(19)18-6-2-1-3-13(18)15(20)21/h4-5,7-8,13,17H,1-3,6H2,(H,20,21). The SMILES string of the molecule is O=C(O)C1CCCCN1C(=O)c1cc2ccc(Cl)cc2[nH]1. The number of nitrogens with one attached hydrogen (secondary N) is 1. The van der Waals surface area contributed by atoms with Crippen molar-refractivity contribution in [1.82, 2.24) is 9.88 Å². The Balaban J connectivity index is 1.93. The average molecular weight is 307 g/mol. The summed E-state index contributed by atoms with van der Waals surface area (Å²) in [6, 6.07) is 6.34. The minimum atomic E-state index is -0.942. The second-order valence-electron chi connectivity index (χ2n) is 5.26. The van der Waals surface area contributed by atoms with Gasteiger partial charge in [-0.15, -0.1) is 0 Å². The summed E-state index contributed by atoms with van der Waals surface area (Å²) in [7, 11) is 0. The molecule has 110 valence electrons. The molecule has 2 heterocycles. The van der Waals surface area contributed by atoms with Crippen LogP contribution in [-0.4, -0.2) is 39.5 Å². The molecule has 0 saturated carbocycles. The van der Waals surface area contributed by atoms with Crippen molar-refractivity contribution in [2.45, 2.75) is 25.3 Å². The summed E-state index contributed by atoms with van der Waals surface area (Å²) in [5.74, 6) is -1.21. The number of likely N-dealkylation sites (tertiary alicyclic amines) is 1. The second kappa shape index (κ2) is 5.41. The van der Waals surface area contributed by atoms with Crippen LogP contribution in [0.3, 0.4) is 0 Å². The Bertz CT molecular complexity index is 710. The van der Waals surface area contributed by atoms with Crippen molar-refractivity contribution in [1.29, 1.82) is 0 Å². The maximum Gasteiger partial charge on any atom is 0.326 e. The highest BCUT2D eigenvalue weighted by molar-refractivity contribution is 6.31. The van der Waals surface area contributed by atoms with Gasteiger partial charge in [0.2, 0.25) is 0 Å². The number of fused-ring (bicyclic) bond motifs is 1. The van der Waals surface area contributed by atoms with Crippen LogP contribution in [0.5, 0.6) is 0 Å². The molecule has 0 radical (unpaired) electrons. The zero-order valence-corrected chi connectivity index (χ0v) is 12.1. The van der Waals surface area contributed by atoms with E-state index >= 15 is 0 Å². The van der Waals surface area contributed by atoms with E-state index in [1.54, 1.807) is 18.2 Å². The minimum Gasteiger partial charge on any atom is -0.480 e. The van der Waals surface area contributed by atoms with Crippen LogP contribution in [0.4, 0.5) is 0 Å². The van der Waals surface area contributed by atoms with Gasteiger partial charge in [-0.1, -0.05) is 17.7 Å². The van der Waals surface area contributed by atoms with Gasteiger partial charge < -0.3 is 15.0 Å². The molecule has 2 N–H and O–H groups in total. The number of aromatic nitrogens is 1. The van der Waals surface area contributed by atoms with Crippen molar-refractivity contribution in [3.05, 3.63) is 35.0 Å². The van der Waals surface area contributed by atoms with E-state index in [0.717, 1.165) is 23.7 Å². The number of H-pyrrole nitrogens is 1. The smallest absolute Gasteiger partial charge is 0.326 e. The second-order valence-corrected chi connectivity index (χ2v) is 5.70. The van der Waals surface area contributed by atoms with E-state index in [1.165, 1.54) is 4.90 Å². The molecule has 1 atom stereocenters. The molecule has 5 nitrogen and oxygen atoms in total. The van der Waals surface area contributed by atoms with Gasteiger partial charge in [-0.25, -0.2) is 4.79 Å². The van der Waals surface area contributed by atoms with Gasteiger partial charge in [-0.3, -0.25) is 4.79 Å². The van der Waals surface area contributed by atoms with Crippen LogP contribution in [0.1, 0.15) is 29.8 Å². The number of nitrogens with zero attached hydrogens (tertiary/aromatic N) is 1. The number of amides is 1. The number of rotatable bonds is 2. The Labute approximate surface area is 126 Å². The quantitative estimate of drug-likeness (QED) is 0.896. The van der Waals surface area contributed by atoms with Crippen molar-refractivity contribution < 1.29 is 14.7 Å². The Kier molecular flexibility index (Phi) is 3.59. The van der Waals surface area contributed by atoms with E-state index < -0.39 is 12.0 Å². The molecule has 6 heteroatoms. The molecule has 1 aliphatic heterocycles. The highest BCUT2D eigenvalue weighted by Gasteiger charge is 2.33. The third-order valence-corrected chi connectivity index (χ3v) is 4.10. The lowest BCUT2D eigenvalue weighted by molar-refractivity contribution is -0.143. The average Bonchev–Trinajstić information content (AvgIpc) is 2.89. The number of benzene rings is 1. The topological polar surface area (TPSA) is 73.4 Å². The van der Waals surface area contributed by atoms with Crippen molar-refractivity contribution in [3.8, 4) is 0 Å². The molecule has 1 saturated heterocycles.